The van der Waals surface area contributed by atoms with Crippen molar-refractivity contribution < 1.29 is 39.1 Å². The van der Waals surface area contributed by atoms with Crippen LogP contribution in [0.1, 0.15) is 20.3 Å². The number of alkyl halides is 3. The predicted octanol–water partition coefficient (Wildman–Crippen LogP) is 0.434. The molecule has 2 saturated heterocycles. The SMILES string of the molecule is CC1(C)OC[C@H]2O[C@H](O)C(CCO)(NC(=O)OCC(Cl)(Cl)Cl)[C@@H](O)[C@@H]2O1. The van der Waals surface area contributed by atoms with Gasteiger partial charge < -0.3 is 39.6 Å². The van der Waals surface area contributed by atoms with Gasteiger partial charge in [-0.3, -0.25) is 0 Å². The second-order valence-corrected chi connectivity index (χ2v) is 9.11. The lowest BCUT2D eigenvalue weighted by atomic mass is 9.80. The van der Waals surface area contributed by atoms with Crippen LogP contribution < -0.4 is 5.32 Å². The Kier molecular flexibility index (Phi) is 6.91. The van der Waals surface area contributed by atoms with Crippen molar-refractivity contribution in [3.05, 3.63) is 0 Å². The topological polar surface area (TPSA) is 127 Å². The van der Waals surface area contributed by atoms with Gasteiger partial charge in [-0.25, -0.2) is 4.79 Å². The Labute approximate surface area is 165 Å². The first-order valence-corrected chi connectivity index (χ1v) is 8.99. The fraction of sp³-hybridized carbons (Fsp3) is 0.929. The summed E-state index contributed by atoms with van der Waals surface area (Å²) in [7, 11) is 0. The summed E-state index contributed by atoms with van der Waals surface area (Å²) in [5.74, 6) is -1.01. The smallest absolute Gasteiger partial charge is 0.407 e. The Hall–Kier alpha value is -0.1000. The van der Waals surface area contributed by atoms with E-state index in [9.17, 15) is 20.1 Å². The van der Waals surface area contributed by atoms with Crippen LogP contribution in [0.25, 0.3) is 0 Å². The van der Waals surface area contributed by atoms with Crippen molar-refractivity contribution in [1.29, 1.82) is 0 Å². The minimum atomic E-state index is -1.83. The molecule has 2 fully saturated rings. The summed E-state index contributed by atoms with van der Waals surface area (Å²) in [6, 6.07) is 0. The second kappa shape index (κ2) is 8.10. The van der Waals surface area contributed by atoms with Crippen molar-refractivity contribution in [3.8, 4) is 0 Å². The zero-order chi connectivity index (χ0) is 19.8. The molecule has 0 aliphatic carbocycles. The molecule has 1 amide bonds. The molecule has 2 rings (SSSR count). The van der Waals surface area contributed by atoms with E-state index < -0.39 is 59.0 Å². The number of fused-ring (bicyclic) bond motifs is 1. The molecule has 0 aromatic rings. The van der Waals surface area contributed by atoms with Crippen LogP contribution >= 0.6 is 34.8 Å². The number of ether oxygens (including phenoxy) is 4. The van der Waals surface area contributed by atoms with E-state index >= 15 is 0 Å². The average molecular weight is 439 g/mol. The third-order valence-electron chi connectivity index (χ3n) is 4.19. The van der Waals surface area contributed by atoms with Crippen LogP contribution in [-0.4, -0.2) is 81.0 Å². The summed E-state index contributed by atoms with van der Waals surface area (Å²) >= 11 is 16.6. The number of rotatable bonds is 4. The summed E-state index contributed by atoms with van der Waals surface area (Å²) in [5, 5.41) is 33.0. The zero-order valence-corrected chi connectivity index (χ0v) is 16.4. The van der Waals surface area contributed by atoms with Gasteiger partial charge in [-0.15, -0.1) is 0 Å². The van der Waals surface area contributed by atoms with Gasteiger partial charge >= 0.3 is 6.09 Å². The molecule has 4 N–H and O–H groups in total. The van der Waals surface area contributed by atoms with Crippen LogP contribution in [0.3, 0.4) is 0 Å². The van der Waals surface area contributed by atoms with E-state index in [-0.39, 0.29) is 13.0 Å². The number of hydrogen-bond acceptors (Lipinski definition) is 8. The molecule has 26 heavy (non-hydrogen) atoms. The summed E-state index contributed by atoms with van der Waals surface area (Å²) in [6.07, 6.45) is -6.12. The van der Waals surface area contributed by atoms with E-state index in [0.717, 1.165) is 0 Å². The molecular weight excluding hydrogens is 417 g/mol. The van der Waals surface area contributed by atoms with E-state index in [1.54, 1.807) is 13.8 Å². The van der Waals surface area contributed by atoms with E-state index in [1.165, 1.54) is 0 Å². The van der Waals surface area contributed by atoms with Gasteiger partial charge in [0.1, 0.15) is 30.5 Å². The molecule has 0 saturated carbocycles. The van der Waals surface area contributed by atoms with Gasteiger partial charge in [0.25, 0.3) is 0 Å². The van der Waals surface area contributed by atoms with Gasteiger partial charge in [0.15, 0.2) is 12.1 Å². The monoisotopic (exact) mass is 437 g/mol. The Morgan fingerprint density at radius 3 is 2.58 bits per heavy atom. The minimum Gasteiger partial charge on any atom is -0.445 e. The van der Waals surface area contributed by atoms with Gasteiger partial charge in [-0.2, -0.15) is 0 Å². The predicted molar refractivity (Wildman–Crippen MR) is 91.0 cm³/mol. The van der Waals surface area contributed by atoms with Gasteiger partial charge in [0.2, 0.25) is 3.79 Å². The van der Waals surface area contributed by atoms with Crippen LogP contribution in [0.15, 0.2) is 0 Å². The van der Waals surface area contributed by atoms with Gasteiger partial charge in [-0.05, 0) is 13.8 Å². The first-order chi connectivity index (χ1) is 11.9. The molecule has 0 aromatic heterocycles. The van der Waals surface area contributed by atoms with Crippen molar-refractivity contribution >= 4 is 40.9 Å². The Balaban J connectivity index is 2.20. The fourth-order valence-electron chi connectivity index (χ4n) is 2.95. The maximum atomic E-state index is 12.1. The number of carbonyl (C=O) groups excluding carboxylic acids is 1. The lowest BCUT2D eigenvalue weighted by Gasteiger charge is -2.54. The third kappa shape index (κ3) is 5.03. The number of hydrogen-bond donors (Lipinski definition) is 4. The highest BCUT2D eigenvalue weighted by Crippen LogP contribution is 2.38. The molecule has 0 aromatic carbocycles. The minimum absolute atomic E-state index is 0.0682. The van der Waals surface area contributed by atoms with Crippen molar-refractivity contribution in [2.75, 3.05) is 19.8 Å². The molecular formula is C14H22Cl3NO8. The number of alkyl carbamates (subject to hydrolysis) is 1. The second-order valence-electron chi connectivity index (χ2n) is 6.60. The summed E-state index contributed by atoms with van der Waals surface area (Å²) < 4.78 is 19.5. The van der Waals surface area contributed by atoms with Crippen LogP contribution in [0.2, 0.25) is 0 Å². The number of amides is 1. The first kappa shape index (κ1) is 22.2. The molecule has 1 unspecified atom stereocenters. The van der Waals surface area contributed by atoms with Crippen LogP contribution in [0, 0.1) is 0 Å². The van der Waals surface area contributed by atoms with E-state index in [4.69, 9.17) is 53.8 Å². The molecule has 2 aliphatic rings. The molecule has 0 bridgehead atoms. The normalized spacial score (nSPS) is 36.9. The Morgan fingerprint density at radius 2 is 2.00 bits per heavy atom. The largest absolute Gasteiger partial charge is 0.445 e. The lowest BCUT2D eigenvalue weighted by molar-refractivity contribution is -0.377. The van der Waals surface area contributed by atoms with Crippen LogP contribution in [-0.2, 0) is 18.9 Å². The van der Waals surface area contributed by atoms with Crippen molar-refractivity contribution in [2.24, 2.45) is 0 Å². The van der Waals surface area contributed by atoms with Gasteiger partial charge in [-0.1, -0.05) is 34.8 Å². The van der Waals surface area contributed by atoms with Crippen LogP contribution in [0.4, 0.5) is 4.79 Å². The molecule has 9 nitrogen and oxygen atoms in total. The molecule has 12 heteroatoms. The molecule has 2 heterocycles. The number of aliphatic hydroxyl groups is 3. The quantitative estimate of drug-likeness (QED) is 0.466. The van der Waals surface area contributed by atoms with Crippen molar-refractivity contribution in [3.63, 3.8) is 0 Å². The van der Waals surface area contributed by atoms with Gasteiger partial charge in [0, 0.05) is 13.0 Å². The zero-order valence-electron chi connectivity index (χ0n) is 14.2. The molecule has 5 atom stereocenters. The maximum absolute atomic E-state index is 12.1. The van der Waals surface area contributed by atoms with E-state index in [1.807, 2.05) is 0 Å². The lowest BCUT2D eigenvalue weighted by Crippen LogP contribution is -2.75. The highest BCUT2D eigenvalue weighted by atomic mass is 35.6. The van der Waals surface area contributed by atoms with Crippen molar-refractivity contribution in [2.45, 2.75) is 60.0 Å². The number of carbonyl (C=O) groups is 1. The van der Waals surface area contributed by atoms with Gasteiger partial charge in [0.05, 0.1) is 6.61 Å². The standard InChI is InChI=1S/C14H22Cl3NO8/c1-12(2)24-5-7-8(26-12)9(20)13(3-4-19,10(21)25-7)18-11(22)23-6-14(15,16)17/h7-10,19-21H,3-6H2,1-2H3,(H,18,22)/t7-,8-,9+,10+,13?/m1/s1. The maximum Gasteiger partial charge on any atom is 0.407 e. The molecule has 0 radical (unpaired) electrons. The third-order valence-corrected chi connectivity index (χ3v) is 4.52. The highest BCUT2D eigenvalue weighted by molar-refractivity contribution is 6.67. The van der Waals surface area contributed by atoms with Crippen molar-refractivity contribution in [1.82, 2.24) is 5.32 Å². The summed E-state index contributed by atoms with van der Waals surface area (Å²) in [4.78, 5) is 12.1. The molecule has 2 aliphatic heterocycles. The van der Waals surface area contributed by atoms with Crippen LogP contribution in [0.5, 0.6) is 0 Å². The highest BCUT2D eigenvalue weighted by Gasteiger charge is 2.59. The van der Waals surface area contributed by atoms with E-state index in [0.29, 0.717) is 0 Å². The first-order valence-electron chi connectivity index (χ1n) is 7.86. The summed E-state index contributed by atoms with van der Waals surface area (Å²) in [5.41, 5.74) is -1.80. The molecule has 152 valence electrons. The fourth-order valence-corrected chi connectivity index (χ4v) is 3.12. The Bertz CT molecular complexity index is 517. The van der Waals surface area contributed by atoms with E-state index in [2.05, 4.69) is 5.32 Å². The molecule has 0 spiro atoms. The number of nitrogens with one attached hydrogen (secondary N) is 1. The number of aliphatic hydroxyl groups excluding tert-OH is 3. The Morgan fingerprint density at radius 1 is 1.35 bits per heavy atom. The summed E-state index contributed by atoms with van der Waals surface area (Å²) in [6.45, 7) is 2.34. The number of halogens is 3. The average Bonchev–Trinajstić information content (AvgIpc) is 2.51.